The van der Waals surface area contributed by atoms with E-state index in [-0.39, 0.29) is 5.69 Å². The Labute approximate surface area is 84.4 Å². The molecule has 15 heavy (non-hydrogen) atoms. The van der Waals surface area contributed by atoms with Crippen molar-refractivity contribution in [3.8, 4) is 0 Å². The second-order valence-corrected chi connectivity index (χ2v) is 2.96. The van der Waals surface area contributed by atoms with E-state index in [1.807, 2.05) is 0 Å². The number of nitrogens with two attached hydrogens (primary N) is 1. The molecule has 6 heteroatoms. The molecule has 0 aliphatic carbocycles. The number of carbonyl (C=O) groups is 1. The molecule has 0 saturated heterocycles. The molecule has 0 bridgehead atoms. The minimum atomic E-state index is -1.05. The molecule has 2 rings (SSSR count). The van der Waals surface area contributed by atoms with Crippen molar-refractivity contribution in [1.29, 1.82) is 0 Å². The van der Waals surface area contributed by atoms with Crippen molar-refractivity contribution < 1.29 is 9.90 Å². The molecule has 0 amide bonds. The molecule has 0 aliphatic heterocycles. The van der Waals surface area contributed by atoms with Gasteiger partial charge in [0.1, 0.15) is 0 Å². The minimum Gasteiger partial charge on any atom is -0.476 e. The number of fused-ring (bicyclic) bond motifs is 1. The highest BCUT2D eigenvalue weighted by Gasteiger charge is 2.11. The van der Waals surface area contributed by atoms with Crippen molar-refractivity contribution in [2.45, 2.75) is 0 Å². The second kappa shape index (κ2) is 3.41. The van der Waals surface area contributed by atoms with Crippen LogP contribution in [0.3, 0.4) is 0 Å². The first-order valence-corrected chi connectivity index (χ1v) is 4.17. The van der Waals surface area contributed by atoms with Crippen molar-refractivity contribution in [1.82, 2.24) is 10.2 Å². The molecule has 1 heterocycles. The quantitative estimate of drug-likeness (QED) is 0.377. The van der Waals surface area contributed by atoms with Gasteiger partial charge in [0.25, 0.3) is 0 Å². The van der Waals surface area contributed by atoms with E-state index >= 15 is 0 Å². The maximum atomic E-state index is 10.8. The molecule has 0 unspecified atom stereocenters. The van der Waals surface area contributed by atoms with Gasteiger partial charge in [0.15, 0.2) is 5.69 Å². The molecule has 1 aromatic heterocycles. The standard InChI is InChI=1S/C9H8N4O2/c10-11-4-5-1-2-6-7(3-5)12-13-8(6)9(14)15/h1-4H,10H2,(H,12,13)(H,14,15). The maximum Gasteiger partial charge on any atom is 0.357 e. The van der Waals surface area contributed by atoms with Gasteiger partial charge in [-0.15, -0.1) is 0 Å². The zero-order valence-electron chi connectivity index (χ0n) is 7.64. The summed E-state index contributed by atoms with van der Waals surface area (Å²) in [6.45, 7) is 0. The molecule has 0 saturated carbocycles. The van der Waals surface area contributed by atoms with Crippen LogP contribution in [0.25, 0.3) is 10.9 Å². The van der Waals surface area contributed by atoms with E-state index in [1.54, 1.807) is 18.2 Å². The van der Waals surface area contributed by atoms with Gasteiger partial charge in [0.2, 0.25) is 0 Å². The SMILES string of the molecule is NN=Cc1ccc2c(C(=O)O)n[nH]c2c1. The lowest BCUT2D eigenvalue weighted by Crippen LogP contribution is -1.96. The summed E-state index contributed by atoms with van der Waals surface area (Å²) >= 11 is 0. The topological polar surface area (TPSA) is 104 Å². The monoisotopic (exact) mass is 204 g/mol. The summed E-state index contributed by atoms with van der Waals surface area (Å²) in [7, 11) is 0. The average molecular weight is 204 g/mol. The molecule has 0 spiro atoms. The van der Waals surface area contributed by atoms with Crippen LogP contribution < -0.4 is 5.84 Å². The normalized spacial score (nSPS) is 11.2. The fourth-order valence-electron chi connectivity index (χ4n) is 1.37. The molecular weight excluding hydrogens is 196 g/mol. The van der Waals surface area contributed by atoms with Crippen LogP contribution in [0.1, 0.15) is 16.1 Å². The Kier molecular flexibility index (Phi) is 2.09. The number of aromatic nitrogens is 2. The molecule has 76 valence electrons. The number of nitrogens with one attached hydrogen (secondary N) is 1. The Bertz CT molecular complexity index is 544. The van der Waals surface area contributed by atoms with Gasteiger partial charge < -0.3 is 10.9 Å². The maximum absolute atomic E-state index is 10.8. The zero-order chi connectivity index (χ0) is 10.8. The summed E-state index contributed by atoms with van der Waals surface area (Å²) < 4.78 is 0. The number of hydrogen-bond donors (Lipinski definition) is 3. The highest BCUT2D eigenvalue weighted by atomic mass is 16.4. The number of carboxylic acid groups (broad SMARTS) is 1. The van der Waals surface area contributed by atoms with Crippen LogP contribution in [-0.4, -0.2) is 27.5 Å². The second-order valence-electron chi connectivity index (χ2n) is 2.96. The number of aromatic carboxylic acids is 1. The lowest BCUT2D eigenvalue weighted by molar-refractivity contribution is 0.0692. The van der Waals surface area contributed by atoms with Crippen LogP contribution in [0.2, 0.25) is 0 Å². The Morgan fingerprint density at radius 3 is 3.07 bits per heavy atom. The molecule has 4 N–H and O–H groups in total. The van der Waals surface area contributed by atoms with Crippen LogP contribution in [-0.2, 0) is 0 Å². The van der Waals surface area contributed by atoms with Gasteiger partial charge in [-0.1, -0.05) is 6.07 Å². The third-order valence-corrected chi connectivity index (χ3v) is 2.01. The van der Waals surface area contributed by atoms with Crippen molar-refractivity contribution in [3.05, 3.63) is 29.5 Å². The summed E-state index contributed by atoms with van der Waals surface area (Å²) in [5, 5.41) is 19.1. The van der Waals surface area contributed by atoms with Crippen LogP contribution in [0.15, 0.2) is 23.3 Å². The van der Waals surface area contributed by atoms with Crippen LogP contribution in [0.5, 0.6) is 0 Å². The van der Waals surface area contributed by atoms with Crippen LogP contribution >= 0.6 is 0 Å². The van der Waals surface area contributed by atoms with Crippen molar-refractivity contribution in [2.24, 2.45) is 10.9 Å². The minimum absolute atomic E-state index is 0.0150. The molecule has 2 aromatic rings. The predicted octanol–water partition coefficient (Wildman–Crippen LogP) is 0.554. The highest BCUT2D eigenvalue weighted by molar-refractivity contribution is 6.02. The first-order valence-electron chi connectivity index (χ1n) is 4.17. The van der Waals surface area contributed by atoms with E-state index in [2.05, 4.69) is 15.3 Å². The van der Waals surface area contributed by atoms with Crippen LogP contribution in [0.4, 0.5) is 0 Å². The Morgan fingerprint density at radius 1 is 1.60 bits per heavy atom. The number of hydrogen-bond acceptors (Lipinski definition) is 4. The molecule has 0 atom stereocenters. The lowest BCUT2D eigenvalue weighted by atomic mass is 10.1. The van der Waals surface area contributed by atoms with Gasteiger partial charge in [-0.05, 0) is 17.7 Å². The summed E-state index contributed by atoms with van der Waals surface area (Å²) in [6.07, 6.45) is 1.47. The number of aromatic amines is 1. The Hall–Kier alpha value is -2.37. The Balaban J connectivity index is 2.61. The van der Waals surface area contributed by atoms with Crippen LogP contribution in [0, 0.1) is 0 Å². The number of H-pyrrole nitrogens is 1. The summed E-state index contributed by atoms with van der Waals surface area (Å²) in [4.78, 5) is 10.8. The fraction of sp³-hybridized carbons (Fsp3) is 0. The van der Waals surface area contributed by atoms with E-state index in [9.17, 15) is 4.79 Å². The Morgan fingerprint density at radius 2 is 2.40 bits per heavy atom. The summed E-state index contributed by atoms with van der Waals surface area (Å²) in [6, 6.07) is 5.12. The van der Waals surface area contributed by atoms with Gasteiger partial charge in [0.05, 0.1) is 11.7 Å². The third-order valence-electron chi connectivity index (χ3n) is 2.01. The van der Waals surface area contributed by atoms with Gasteiger partial charge in [-0.2, -0.15) is 10.2 Å². The summed E-state index contributed by atoms with van der Waals surface area (Å²) in [5.41, 5.74) is 1.44. The molecule has 0 radical (unpaired) electrons. The highest BCUT2D eigenvalue weighted by Crippen LogP contribution is 2.16. The number of carboxylic acids is 1. The van der Waals surface area contributed by atoms with Gasteiger partial charge in [-0.25, -0.2) is 4.79 Å². The average Bonchev–Trinajstić information content (AvgIpc) is 2.61. The van der Waals surface area contributed by atoms with Crippen molar-refractivity contribution >= 4 is 23.1 Å². The largest absolute Gasteiger partial charge is 0.476 e. The molecule has 0 aliphatic rings. The van der Waals surface area contributed by atoms with E-state index in [4.69, 9.17) is 10.9 Å². The smallest absolute Gasteiger partial charge is 0.357 e. The molecule has 6 nitrogen and oxygen atoms in total. The molecular formula is C9H8N4O2. The number of hydrazone groups is 1. The van der Waals surface area contributed by atoms with Gasteiger partial charge in [0, 0.05) is 5.39 Å². The molecule has 0 fully saturated rings. The van der Waals surface area contributed by atoms with Crippen molar-refractivity contribution in [3.63, 3.8) is 0 Å². The first kappa shape index (κ1) is 9.20. The van der Waals surface area contributed by atoms with Crippen molar-refractivity contribution in [2.75, 3.05) is 0 Å². The summed E-state index contributed by atoms with van der Waals surface area (Å²) in [5.74, 6) is 3.95. The predicted molar refractivity (Wildman–Crippen MR) is 54.8 cm³/mol. The third kappa shape index (κ3) is 1.52. The zero-order valence-corrected chi connectivity index (χ0v) is 7.64. The fourth-order valence-corrected chi connectivity index (χ4v) is 1.37. The number of nitrogens with zero attached hydrogens (tertiary/aromatic N) is 2. The first-order chi connectivity index (χ1) is 7.22. The lowest BCUT2D eigenvalue weighted by Gasteiger charge is -1.93. The van der Waals surface area contributed by atoms with E-state index in [0.717, 1.165) is 5.56 Å². The number of benzene rings is 1. The van der Waals surface area contributed by atoms with E-state index in [1.165, 1.54) is 6.21 Å². The van der Waals surface area contributed by atoms with E-state index in [0.29, 0.717) is 10.9 Å². The molecule has 1 aromatic carbocycles. The van der Waals surface area contributed by atoms with Gasteiger partial charge in [-0.3, -0.25) is 5.10 Å². The van der Waals surface area contributed by atoms with E-state index < -0.39 is 5.97 Å². The number of rotatable bonds is 2. The van der Waals surface area contributed by atoms with Gasteiger partial charge >= 0.3 is 5.97 Å².